The molecule has 0 radical (unpaired) electrons. The molecule has 0 aromatic heterocycles. The Kier molecular flexibility index (Phi) is 5.79. The van der Waals surface area contributed by atoms with Gasteiger partial charge in [0.15, 0.2) is 23.3 Å². The van der Waals surface area contributed by atoms with E-state index >= 15 is 0 Å². The molecule has 0 aliphatic heterocycles. The van der Waals surface area contributed by atoms with E-state index in [4.69, 9.17) is 0 Å². The van der Waals surface area contributed by atoms with E-state index in [0.29, 0.717) is 5.69 Å². The minimum atomic E-state index is -4.00. The van der Waals surface area contributed by atoms with Crippen molar-refractivity contribution in [2.24, 2.45) is 0 Å². The normalized spacial score (nSPS) is 11.2. The van der Waals surface area contributed by atoms with Crippen molar-refractivity contribution in [3.05, 3.63) is 89.5 Å². The fourth-order valence-electron chi connectivity index (χ4n) is 2.61. The van der Waals surface area contributed by atoms with Crippen LogP contribution in [0.25, 0.3) is 0 Å². The van der Waals surface area contributed by atoms with Gasteiger partial charge in [0.1, 0.15) is 0 Å². The van der Waals surface area contributed by atoms with Crippen LogP contribution in [0.3, 0.4) is 0 Å². The molecule has 0 saturated carbocycles. The Morgan fingerprint density at radius 1 is 0.867 bits per heavy atom. The van der Waals surface area contributed by atoms with Crippen LogP contribution in [-0.2, 0) is 10.0 Å². The van der Waals surface area contributed by atoms with Gasteiger partial charge in [0, 0.05) is 12.7 Å². The minimum Gasteiger partial charge on any atom is -0.322 e. The summed E-state index contributed by atoms with van der Waals surface area (Å²) in [4.78, 5) is 12.0. The number of hydrogen-bond donors (Lipinski definition) is 1. The van der Waals surface area contributed by atoms with Gasteiger partial charge in [-0.2, -0.15) is 0 Å². The van der Waals surface area contributed by atoms with Crippen LogP contribution in [0.15, 0.2) is 65.6 Å². The largest absolute Gasteiger partial charge is 0.322 e. The fraction of sp³-hybridized carbons (Fsp3) is 0.0500. The summed E-state index contributed by atoms with van der Waals surface area (Å²) in [7, 11) is -2.66. The second-order valence-electron chi connectivity index (χ2n) is 6.14. The summed E-state index contributed by atoms with van der Waals surface area (Å²) < 4.78 is 80.3. The third kappa shape index (κ3) is 3.99. The van der Waals surface area contributed by atoms with Crippen LogP contribution < -0.4 is 9.62 Å². The van der Waals surface area contributed by atoms with Gasteiger partial charge in [-0.25, -0.2) is 26.0 Å². The monoisotopic (exact) mass is 438 g/mol. The highest BCUT2D eigenvalue weighted by Crippen LogP contribution is 2.25. The molecule has 0 aliphatic carbocycles. The third-order valence-corrected chi connectivity index (χ3v) is 6.00. The first kappa shape index (κ1) is 21.3. The van der Waals surface area contributed by atoms with E-state index in [9.17, 15) is 30.8 Å². The smallest absolute Gasteiger partial charge is 0.264 e. The number of carbonyl (C=O) groups excluding carboxylic acids is 1. The lowest BCUT2D eigenvalue weighted by atomic mass is 10.1. The number of nitrogens with one attached hydrogen (secondary N) is 1. The van der Waals surface area contributed by atoms with Gasteiger partial charge in [-0.3, -0.25) is 9.10 Å². The number of sulfonamides is 1. The maximum absolute atomic E-state index is 13.8. The molecular weight excluding hydrogens is 424 g/mol. The van der Waals surface area contributed by atoms with Crippen LogP contribution in [0.4, 0.5) is 28.9 Å². The van der Waals surface area contributed by atoms with Gasteiger partial charge in [0.25, 0.3) is 15.9 Å². The van der Waals surface area contributed by atoms with Crippen LogP contribution in [-0.4, -0.2) is 21.4 Å². The van der Waals surface area contributed by atoms with Crippen molar-refractivity contribution in [1.29, 1.82) is 0 Å². The molecule has 3 aromatic rings. The van der Waals surface area contributed by atoms with Gasteiger partial charge < -0.3 is 5.32 Å². The molecule has 0 unspecified atom stereocenters. The minimum absolute atomic E-state index is 0.0768. The number of anilines is 2. The number of carbonyl (C=O) groups is 1. The Morgan fingerprint density at radius 2 is 1.53 bits per heavy atom. The topological polar surface area (TPSA) is 66.5 Å². The molecule has 10 heteroatoms. The summed E-state index contributed by atoms with van der Waals surface area (Å²) >= 11 is 0. The van der Waals surface area contributed by atoms with Crippen LogP contribution >= 0.6 is 0 Å². The number of amides is 1. The van der Waals surface area contributed by atoms with E-state index in [2.05, 4.69) is 5.32 Å². The number of nitrogens with zero attached hydrogens (tertiary/aromatic N) is 1. The van der Waals surface area contributed by atoms with Gasteiger partial charge in [0.05, 0.1) is 16.1 Å². The van der Waals surface area contributed by atoms with E-state index in [0.717, 1.165) is 10.4 Å². The van der Waals surface area contributed by atoms with Gasteiger partial charge in [-0.05, 0) is 36.4 Å². The molecule has 3 rings (SSSR count). The lowest BCUT2D eigenvalue weighted by Gasteiger charge is -2.20. The number of para-hydroxylation sites is 1. The molecule has 5 nitrogen and oxygen atoms in total. The average Bonchev–Trinajstić information content (AvgIpc) is 2.75. The first-order valence-corrected chi connectivity index (χ1v) is 9.85. The second-order valence-corrected chi connectivity index (χ2v) is 8.11. The standard InChI is InChI=1S/C20H14F4N2O3S/c1-26(13-7-3-2-4-8-13)30(28,29)14-9-5-6-12(10-14)25-20(27)15-11-16(21)18(23)19(24)17(15)22/h2-11H,1H3,(H,25,27). The van der Waals surface area contributed by atoms with Gasteiger partial charge in [0.2, 0.25) is 0 Å². The Bertz CT molecular complexity index is 1220. The first-order valence-electron chi connectivity index (χ1n) is 8.41. The van der Waals surface area contributed by atoms with Crippen molar-refractivity contribution in [1.82, 2.24) is 0 Å². The maximum Gasteiger partial charge on any atom is 0.264 e. The molecular formula is C20H14F4N2O3S. The van der Waals surface area contributed by atoms with Crippen molar-refractivity contribution >= 4 is 27.3 Å². The van der Waals surface area contributed by atoms with E-state index < -0.39 is 44.8 Å². The molecule has 156 valence electrons. The molecule has 30 heavy (non-hydrogen) atoms. The zero-order chi connectivity index (χ0) is 22.1. The highest BCUT2D eigenvalue weighted by atomic mass is 32.2. The van der Waals surface area contributed by atoms with E-state index in [1.165, 1.54) is 25.2 Å². The Hall–Kier alpha value is -3.40. The summed E-state index contributed by atoms with van der Waals surface area (Å²) in [6.07, 6.45) is 0. The summed E-state index contributed by atoms with van der Waals surface area (Å²) in [6.45, 7) is 0. The van der Waals surface area contributed by atoms with Crippen molar-refractivity contribution in [2.45, 2.75) is 4.90 Å². The first-order chi connectivity index (χ1) is 14.1. The molecule has 3 aromatic carbocycles. The van der Waals surface area contributed by atoms with Crippen LogP contribution in [0.2, 0.25) is 0 Å². The van der Waals surface area contributed by atoms with E-state index in [1.54, 1.807) is 30.3 Å². The molecule has 1 N–H and O–H groups in total. The number of halogens is 4. The second kappa shape index (κ2) is 8.15. The quantitative estimate of drug-likeness (QED) is 0.367. The number of rotatable bonds is 5. The molecule has 0 saturated heterocycles. The Labute approximate surface area is 169 Å². The molecule has 0 atom stereocenters. The maximum atomic E-state index is 13.8. The summed E-state index contributed by atoms with van der Waals surface area (Å²) in [5, 5.41) is 2.15. The van der Waals surface area contributed by atoms with Crippen molar-refractivity contribution in [2.75, 3.05) is 16.7 Å². The molecule has 1 amide bonds. The summed E-state index contributed by atoms with van der Waals surface area (Å²) in [5.41, 5.74) is -0.751. The van der Waals surface area contributed by atoms with Crippen LogP contribution in [0, 0.1) is 23.3 Å². The van der Waals surface area contributed by atoms with Crippen LogP contribution in [0.5, 0.6) is 0 Å². The van der Waals surface area contributed by atoms with Gasteiger partial charge in [-0.1, -0.05) is 24.3 Å². The van der Waals surface area contributed by atoms with Crippen molar-refractivity contribution in [3.63, 3.8) is 0 Å². The van der Waals surface area contributed by atoms with E-state index in [-0.39, 0.29) is 16.6 Å². The predicted molar refractivity (Wildman–Crippen MR) is 103 cm³/mol. The van der Waals surface area contributed by atoms with E-state index in [1.807, 2.05) is 0 Å². The van der Waals surface area contributed by atoms with Gasteiger partial charge in [-0.15, -0.1) is 0 Å². The predicted octanol–water partition coefficient (Wildman–Crippen LogP) is 4.32. The molecule has 0 spiro atoms. The van der Waals surface area contributed by atoms with Gasteiger partial charge >= 0.3 is 0 Å². The SMILES string of the molecule is CN(c1ccccc1)S(=O)(=O)c1cccc(NC(=O)c2cc(F)c(F)c(F)c2F)c1. The van der Waals surface area contributed by atoms with Crippen LogP contribution in [0.1, 0.15) is 10.4 Å². The van der Waals surface area contributed by atoms with Crippen molar-refractivity contribution in [3.8, 4) is 0 Å². The molecule has 0 aliphatic rings. The zero-order valence-corrected chi connectivity index (χ0v) is 16.2. The lowest BCUT2D eigenvalue weighted by Crippen LogP contribution is -2.26. The molecule has 0 heterocycles. The third-order valence-electron chi connectivity index (χ3n) is 4.22. The Morgan fingerprint density at radius 3 is 2.20 bits per heavy atom. The molecule has 0 fully saturated rings. The number of hydrogen-bond acceptors (Lipinski definition) is 3. The Balaban J connectivity index is 1.90. The zero-order valence-electron chi connectivity index (χ0n) is 15.4. The fourth-order valence-corrected chi connectivity index (χ4v) is 3.85. The lowest BCUT2D eigenvalue weighted by molar-refractivity contribution is 0.102. The summed E-state index contributed by atoms with van der Waals surface area (Å²) in [5.74, 6) is -9.04. The average molecular weight is 438 g/mol. The number of benzene rings is 3. The van der Waals surface area contributed by atoms with Crippen molar-refractivity contribution < 1.29 is 30.8 Å². The molecule has 0 bridgehead atoms. The summed E-state index contributed by atoms with van der Waals surface area (Å²) in [6, 6.07) is 13.4. The highest BCUT2D eigenvalue weighted by Gasteiger charge is 2.24. The highest BCUT2D eigenvalue weighted by molar-refractivity contribution is 7.92.